The topological polar surface area (TPSA) is 40.5 Å². The van der Waals surface area contributed by atoms with E-state index in [0.29, 0.717) is 5.92 Å². The number of rotatable bonds is 3. The van der Waals surface area contributed by atoms with Crippen molar-refractivity contribution in [1.29, 1.82) is 0 Å². The van der Waals surface area contributed by atoms with Gasteiger partial charge in [0.25, 0.3) is 0 Å². The minimum atomic E-state index is -0.711. The first kappa shape index (κ1) is 14.9. The summed E-state index contributed by atoms with van der Waals surface area (Å²) in [7, 11) is 2.15. The van der Waals surface area contributed by atoms with Crippen molar-refractivity contribution in [1.82, 2.24) is 4.90 Å². The molecule has 2 aliphatic rings. The SMILES string of the molecule is CN1CCC(c2ccc(C3(C(=O)O)CCC3)cc2Cl)CC1. The fourth-order valence-electron chi connectivity index (χ4n) is 3.63. The summed E-state index contributed by atoms with van der Waals surface area (Å²) in [5.41, 5.74) is 1.38. The third kappa shape index (κ3) is 2.58. The number of halogens is 1. The molecule has 0 atom stereocenters. The lowest BCUT2D eigenvalue weighted by atomic mass is 9.64. The molecule has 0 spiro atoms. The predicted molar refractivity (Wildman–Crippen MR) is 84.1 cm³/mol. The molecule has 0 bridgehead atoms. The lowest BCUT2D eigenvalue weighted by molar-refractivity contribution is -0.147. The molecule has 1 aromatic rings. The molecule has 1 N–H and O–H groups in total. The summed E-state index contributed by atoms with van der Waals surface area (Å²) in [6.07, 6.45) is 4.69. The van der Waals surface area contributed by atoms with Gasteiger partial charge in [-0.05, 0) is 68.9 Å². The van der Waals surface area contributed by atoms with Crippen LogP contribution in [0.1, 0.15) is 49.1 Å². The molecule has 21 heavy (non-hydrogen) atoms. The molecule has 1 saturated heterocycles. The lowest BCUT2D eigenvalue weighted by Gasteiger charge is -2.38. The van der Waals surface area contributed by atoms with E-state index in [2.05, 4.69) is 18.0 Å². The van der Waals surface area contributed by atoms with Gasteiger partial charge in [0, 0.05) is 5.02 Å². The summed E-state index contributed by atoms with van der Waals surface area (Å²) >= 11 is 6.48. The van der Waals surface area contributed by atoms with Crippen LogP contribution < -0.4 is 0 Å². The van der Waals surface area contributed by atoms with Crippen molar-refractivity contribution in [3.63, 3.8) is 0 Å². The second-order valence-electron chi connectivity index (χ2n) is 6.55. The molecular weight excluding hydrogens is 286 g/mol. The fraction of sp³-hybridized carbons (Fsp3) is 0.588. The van der Waals surface area contributed by atoms with Crippen LogP contribution in [0.3, 0.4) is 0 Å². The summed E-state index contributed by atoms with van der Waals surface area (Å²) in [6.45, 7) is 2.20. The second kappa shape index (κ2) is 5.62. The molecule has 0 amide bonds. The van der Waals surface area contributed by atoms with Crippen LogP contribution in [0.25, 0.3) is 0 Å². The molecule has 0 unspecified atom stereocenters. The summed E-state index contributed by atoms with van der Waals surface area (Å²) in [5, 5.41) is 10.3. The highest BCUT2D eigenvalue weighted by Gasteiger charge is 2.46. The van der Waals surface area contributed by atoms with Crippen molar-refractivity contribution < 1.29 is 9.90 Å². The van der Waals surface area contributed by atoms with E-state index in [1.165, 1.54) is 5.56 Å². The Morgan fingerprint density at radius 2 is 2.00 bits per heavy atom. The maximum Gasteiger partial charge on any atom is 0.314 e. The van der Waals surface area contributed by atoms with Gasteiger partial charge < -0.3 is 10.0 Å². The highest BCUT2D eigenvalue weighted by Crippen LogP contribution is 2.45. The molecule has 2 fully saturated rings. The van der Waals surface area contributed by atoms with Crippen LogP contribution >= 0.6 is 11.6 Å². The minimum Gasteiger partial charge on any atom is -0.481 e. The summed E-state index contributed by atoms with van der Waals surface area (Å²) in [5.74, 6) is -0.207. The van der Waals surface area contributed by atoms with Crippen molar-refractivity contribution in [2.75, 3.05) is 20.1 Å². The second-order valence-corrected chi connectivity index (χ2v) is 6.96. The van der Waals surface area contributed by atoms with Gasteiger partial charge >= 0.3 is 5.97 Å². The van der Waals surface area contributed by atoms with Crippen LogP contribution in [-0.2, 0) is 10.2 Å². The lowest BCUT2D eigenvalue weighted by Crippen LogP contribution is -2.42. The number of piperidine rings is 1. The van der Waals surface area contributed by atoms with Crippen LogP contribution in [0.15, 0.2) is 18.2 Å². The maximum absolute atomic E-state index is 11.6. The Bertz CT molecular complexity index is 546. The summed E-state index contributed by atoms with van der Waals surface area (Å²) in [4.78, 5) is 13.9. The molecule has 1 aromatic carbocycles. The van der Waals surface area contributed by atoms with Crippen LogP contribution in [-0.4, -0.2) is 36.1 Å². The molecule has 4 heteroatoms. The van der Waals surface area contributed by atoms with E-state index in [-0.39, 0.29) is 0 Å². The number of carboxylic acid groups (broad SMARTS) is 1. The van der Waals surface area contributed by atoms with Gasteiger partial charge in [0.1, 0.15) is 0 Å². The molecular formula is C17H22ClNO2. The van der Waals surface area contributed by atoms with Gasteiger partial charge in [-0.3, -0.25) is 4.79 Å². The standard InChI is InChI=1S/C17H22ClNO2/c1-19-9-5-12(6-10-19)14-4-3-13(11-15(14)18)17(16(20)21)7-2-8-17/h3-4,11-12H,2,5-10H2,1H3,(H,20,21). The Labute approximate surface area is 130 Å². The van der Waals surface area contributed by atoms with E-state index < -0.39 is 11.4 Å². The number of hydrogen-bond acceptors (Lipinski definition) is 2. The number of hydrogen-bond donors (Lipinski definition) is 1. The number of aliphatic carboxylic acids is 1. The highest BCUT2D eigenvalue weighted by molar-refractivity contribution is 6.31. The van der Waals surface area contributed by atoms with Crippen LogP contribution in [0.4, 0.5) is 0 Å². The van der Waals surface area contributed by atoms with E-state index in [0.717, 1.165) is 55.8 Å². The number of benzene rings is 1. The van der Waals surface area contributed by atoms with Gasteiger partial charge in [-0.25, -0.2) is 0 Å². The van der Waals surface area contributed by atoms with Crippen LogP contribution in [0.5, 0.6) is 0 Å². The van der Waals surface area contributed by atoms with E-state index >= 15 is 0 Å². The Kier molecular flexibility index (Phi) is 3.98. The van der Waals surface area contributed by atoms with Crippen LogP contribution in [0, 0.1) is 0 Å². The van der Waals surface area contributed by atoms with Crippen molar-refractivity contribution in [2.45, 2.75) is 43.4 Å². The zero-order valence-electron chi connectivity index (χ0n) is 12.4. The molecule has 1 saturated carbocycles. The fourth-order valence-corrected chi connectivity index (χ4v) is 3.97. The molecule has 114 valence electrons. The largest absolute Gasteiger partial charge is 0.481 e. The van der Waals surface area contributed by atoms with Gasteiger partial charge in [0.2, 0.25) is 0 Å². The summed E-state index contributed by atoms with van der Waals surface area (Å²) in [6, 6.07) is 5.96. The Morgan fingerprint density at radius 1 is 1.33 bits per heavy atom. The maximum atomic E-state index is 11.6. The first-order chi connectivity index (χ1) is 10.0. The predicted octanol–water partition coefficient (Wildman–Crippen LogP) is 3.66. The van der Waals surface area contributed by atoms with Crippen LogP contribution in [0.2, 0.25) is 5.02 Å². The third-order valence-electron chi connectivity index (χ3n) is 5.33. The number of nitrogens with zero attached hydrogens (tertiary/aromatic N) is 1. The molecule has 1 aliphatic carbocycles. The average molecular weight is 308 g/mol. The smallest absolute Gasteiger partial charge is 0.314 e. The molecule has 3 rings (SSSR count). The van der Waals surface area contributed by atoms with Gasteiger partial charge in [0.15, 0.2) is 0 Å². The summed E-state index contributed by atoms with van der Waals surface area (Å²) < 4.78 is 0. The first-order valence-electron chi connectivity index (χ1n) is 7.75. The van der Waals surface area contributed by atoms with Gasteiger partial charge in [0.05, 0.1) is 5.41 Å². The molecule has 1 aliphatic heterocycles. The first-order valence-corrected chi connectivity index (χ1v) is 8.12. The monoisotopic (exact) mass is 307 g/mol. The van der Waals surface area contributed by atoms with Crippen molar-refractivity contribution in [2.24, 2.45) is 0 Å². The highest BCUT2D eigenvalue weighted by atomic mass is 35.5. The van der Waals surface area contributed by atoms with E-state index in [1.54, 1.807) is 0 Å². The van der Waals surface area contributed by atoms with Gasteiger partial charge in [-0.15, -0.1) is 0 Å². The van der Waals surface area contributed by atoms with E-state index in [4.69, 9.17) is 11.6 Å². The zero-order chi connectivity index (χ0) is 15.0. The van der Waals surface area contributed by atoms with Gasteiger partial charge in [-0.1, -0.05) is 30.2 Å². The number of carbonyl (C=O) groups is 1. The molecule has 1 heterocycles. The normalized spacial score (nSPS) is 22.8. The Morgan fingerprint density at radius 3 is 2.48 bits per heavy atom. The average Bonchev–Trinajstić information content (AvgIpc) is 2.38. The molecule has 0 aromatic heterocycles. The molecule has 3 nitrogen and oxygen atoms in total. The zero-order valence-corrected chi connectivity index (χ0v) is 13.2. The van der Waals surface area contributed by atoms with E-state index in [9.17, 15) is 9.90 Å². The third-order valence-corrected chi connectivity index (χ3v) is 5.66. The Balaban J connectivity index is 1.85. The number of likely N-dealkylation sites (tertiary alicyclic amines) is 1. The van der Waals surface area contributed by atoms with E-state index in [1.807, 2.05) is 12.1 Å². The van der Waals surface area contributed by atoms with Crippen molar-refractivity contribution >= 4 is 17.6 Å². The number of carboxylic acids is 1. The molecule has 0 radical (unpaired) electrons. The van der Waals surface area contributed by atoms with Crippen molar-refractivity contribution in [3.8, 4) is 0 Å². The Hall–Kier alpha value is -1.06. The quantitative estimate of drug-likeness (QED) is 0.926. The minimum absolute atomic E-state index is 0.505. The van der Waals surface area contributed by atoms with Crippen molar-refractivity contribution in [3.05, 3.63) is 34.3 Å². The van der Waals surface area contributed by atoms with Gasteiger partial charge in [-0.2, -0.15) is 0 Å².